The van der Waals surface area contributed by atoms with Gasteiger partial charge < -0.3 is 5.32 Å². The second-order valence-electron chi connectivity index (χ2n) is 3.40. The molecule has 1 rings (SSSR count). The highest BCUT2D eigenvalue weighted by molar-refractivity contribution is 4.81. The summed E-state index contributed by atoms with van der Waals surface area (Å²) in [5.74, 6) is 0. The SMILES string of the molecule is CC(C)NCC(C)n1cccn1. The first-order valence-electron chi connectivity index (χ1n) is 4.42. The zero-order chi connectivity index (χ0) is 8.97. The van der Waals surface area contributed by atoms with Crippen molar-refractivity contribution < 1.29 is 0 Å². The Labute approximate surface area is 73.8 Å². The molecule has 0 radical (unpaired) electrons. The third-order valence-corrected chi connectivity index (χ3v) is 1.80. The van der Waals surface area contributed by atoms with E-state index in [-0.39, 0.29) is 0 Å². The quantitative estimate of drug-likeness (QED) is 0.735. The summed E-state index contributed by atoms with van der Waals surface area (Å²) in [7, 11) is 0. The molecule has 0 aliphatic carbocycles. The van der Waals surface area contributed by atoms with E-state index in [0.717, 1.165) is 6.54 Å². The van der Waals surface area contributed by atoms with Crippen molar-refractivity contribution in [1.29, 1.82) is 0 Å². The monoisotopic (exact) mass is 167 g/mol. The van der Waals surface area contributed by atoms with Crippen LogP contribution in [0.1, 0.15) is 26.8 Å². The zero-order valence-electron chi connectivity index (χ0n) is 7.99. The first kappa shape index (κ1) is 9.26. The van der Waals surface area contributed by atoms with Gasteiger partial charge in [-0.05, 0) is 13.0 Å². The number of nitrogens with zero attached hydrogens (tertiary/aromatic N) is 2. The van der Waals surface area contributed by atoms with E-state index >= 15 is 0 Å². The standard InChI is InChI=1S/C9H17N3/c1-8(2)10-7-9(3)12-6-4-5-11-12/h4-6,8-10H,7H2,1-3H3. The van der Waals surface area contributed by atoms with Gasteiger partial charge in [-0.15, -0.1) is 0 Å². The molecule has 68 valence electrons. The molecule has 1 unspecified atom stereocenters. The van der Waals surface area contributed by atoms with Gasteiger partial charge in [0.25, 0.3) is 0 Å². The highest BCUT2D eigenvalue weighted by Crippen LogP contribution is 2.00. The molecule has 1 aromatic heterocycles. The van der Waals surface area contributed by atoms with Gasteiger partial charge in [-0.2, -0.15) is 5.10 Å². The van der Waals surface area contributed by atoms with Crippen molar-refractivity contribution in [1.82, 2.24) is 15.1 Å². The van der Waals surface area contributed by atoms with Crippen molar-refractivity contribution in [2.45, 2.75) is 32.9 Å². The van der Waals surface area contributed by atoms with E-state index in [0.29, 0.717) is 12.1 Å². The van der Waals surface area contributed by atoms with Crippen molar-refractivity contribution >= 4 is 0 Å². The molecule has 1 atom stereocenters. The first-order valence-corrected chi connectivity index (χ1v) is 4.42. The molecule has 0 aromatic carbocycles. The highest BCUT2D eigenvalue weighted by Gasteiger charge is 2.03. The molecule has 0 aliphatic rings. The first-order chi connectivity index (χ1) is 5.70. The van der Waals surface area contributed by atoms with Gasteiger partial charge in [0.1, 0.15) is 0 Å². The van der Waals surface area contributed by atoms with Crippen LogP contribution in [-0.4, -0.2) is 22.4 Å². The second-order valence-corrected chi connectivity index (χ2v) is 3.40. The molecule has 0 saturated carbocycles. The van der Waals surface area contributed by atoms with Crippen LogP contribution in [0.3, 0.4) is 0 Å². The fraction of sp³-hybridized carbons (Fsp3) is 0.667. The Kier molecular flexibility index (Phi) is 3.29. The van der Waals surface area contributed by atoms with Gasteiger partial charge in [-0.3, -0.25) is 4.68 Å². The Morgan fingerprint density at radius 3 is 2.67 bits per heavy atom. The summed E-state index contributed by atoms with van der Waals surface area (Å²) in [4.78, 5) is 0. The third-order valence-electron chi connectivity index (χ3n) is 1.80. The number of hydrogen-bond donors (Lipinski definition) is 1. The Bertz CT molecular complexity index is 204. The number of aromatic nitrogens is 2. The molecule has 0 bridgehead atoms. The summed E-state index contributed by atoms with van der Waals surface area (Å²) < 4.78 is 1.97. The lowest BCUT2D eigenvalue weighted by molar-refractivity contribution is 0.433. The summed E-state index contributed by atoms with van der Waals surface area (Å²) in [6.45, 7) is 7.42. The van der Waals surface area contributed by atoms with Crippen molar-refractivity contribution in [2.75, 3.05) is 6.54 Å². The van der Waals surface area contributed by atoms with Gasteiger partial charge >= 0.3 is 0 Å². The molecule has 0 saturated heterocycles. The van der Waals surface area contributed by atoms with Crippen LogP contribution in [0.4, 0.5) is 0 Å². The number of rotatable bonds is 4. The molecule has 1 heterocycles. The van der Waals surface area contributed by atoms with Gasteiger partial charge in [0, 0.05) is 25.0 Å². The van der Waals surface area contributed by atoms with E-state index in [2.05, 4.69) is 31.2 Å². The van der Waals surface area contributed by atoms with Crippen LogP contribution in [0.2, 0.25) is 0 Å². The molecule has 1 N–H and O–H groups in total. The normalized spacial score (nSPS) is 13.7. The summed E-state index contributed by atoms with van der Waals surface area (Å²) >= 11 is 0. The lowest BCUT2D eigenvalue weighted by Crippen LogP contribution is -2.29. The molecular formula is C9H17N3. The minimum atomic E-state index is 0.433. The Morgan fingerprint density at radius 2 is 2.17 bits per heavy atom. The zero-order valence-corrected chi connectivity index (χ0v) is 7.99. The van der Waals surface area contributed by atoms with E-state index in [1.165, 1.54) is 0 Å². The third kappa shape index (κ3) is 2.66. The molecule has 1 aromatic rings. The average Bonchev–Trinajstić information content (AvgIpc) is 2.51. The molecule has 3 heteroatoms. The van der Waals surface area contributed by atoms with E-state index in [1.807, 2.05) is 23.1 Å². The second kappa shape index (κ2) is 4.26. The van der Waals surface area contributed by atoms with Crippen LogP contribution < -0.4 is 5.32 Å². The Balaban J connectivity index is 2.34. The summed E-state index contributed by atoms with van der Waals surface area (Å²) in [6.07, 6.45) is 3.80. The predicted molar refractivity (Wildman–Crippen MR) is 50.1 cm³/mol. The minimum Gasteiger partial charge on any atom is -0.312 e. The van der Waals surface area contributed by atoms with Gasteiger partial charge in [-0.1, -0.05) is 13.8 Å². The summed E-state index contributed by atoms with van der Waals surface area (Å²) in [6, 6.07) is 2.93. The number of nitrogens with one attached hydrogen (secondary N) is 1. The van der Waals surface area contributed by atoms with Crippen LogP contribution in [-0.2, 0) is 0 Å². The molecule has 0 amide bonds. The maximum Gasteiger partial charge on any atom is 0.0615 e. The molecule has 0 spiro atoms. The molecule has 0 fully saturated rings. The number of hydrogen-bond acceptors (Lipinski definition) is 2. The van der Waals surface area contributed by atoms with E-state index in [4.69, 9.17) is 0 Å². The summed E-state index contributed by atoms with van der Waals surface area (Å²) in [5.41, 5.74) is 0. The molecular weight excluding hydrogens is 150 g/mol. The molecule has 12 heavy (non-hydrogen) atoms. The molecule has 0 aliphatic heterocycles. The fourth-order valence-corrected chi connectivity index (χ4v) is 1.04. The van der Waals surface area contributed by atoms with Gasteiger partial charge in [0.2, 0.25) is 0 Å². The van der Waals surface area contributed by atoms with Crippen molar-refractivity contribution in [2.24, 2.45) is 0 Å². The Hall–Kier alpha value is -0.830. The largest absolute Gasteiger partial charge is 0.312 e. The van der Waals surface area contributed by atoms with Gasteiger partial charge in [-0.25, -0.2) is 0 Å². The van der Waals surface area contributed by atoms with Crippen LogP contribution in [0, 0.1) is 0 Å². The lowest BCUT2D eigenvalue weighted by Gasteiger charge is -2.14. The van der Waals surface area contributed by atoms with Gasteiger partial charge in [0.05, 0.1) is 6.04 Å². The summed E-state index contributed by atoms with van der Waals surface area (Å²) in [5, 5.41) is 7.54. The van der Waals surface area contributed by atoms with Crippen LogP contribution >= 0.6 is 0 Å². The van der Waals surface area contributed by atoms with E-state index < -0.39 is 0 Å². The lowest BCUT2D eigenvalue weighted by atomic mass is 10.3. The van der Waals surface area contributed by atoms with E-state index in [9.17, 15) is 0 Å². The average molecular weight is 167 g/mol. The van der Waals surface area contributed by atoms with Crippen LogP contribution in [0.15, 0.2) is 18.5 Å². The molecule has 3 nitrogen and oxygen atoms in total. The van der Waals surface area contributed by atoms with E-state index in [1.54, 1.807) is 0 Å². The van der Waals surface area contributed by atoms with Crippen molar-refractivity contribution in [3.63, 3.8) is 0 Å². The maximum atomic E-state index is 4.17. The van der Waals surface area contributed by atoms with Crippen molar-refractivity contribution in [3.8, 4) is 0 Å². The minimum absolute atomic E-state index is 0.433. The topological polar surface area (TPSA) is 29.9 Å². The highest BCUT2D eigenvalue weighted by atomic mass is 15.3. The fourth-order valence-electron chi connectivity index (χ4n) is 1.04. The maximum absolute atomic E-state index is 4.17. The smallest absolute Gasteiger partial charge is 0.0615 e. The van der Waals surface area contributed by atoms with Crippen LogP contribution in [0.25, 0.3) is 0 Å². The van der Waals surface area contributed by atoms with Crippen LogP contribution in [0.5, 0.6) is 0 Å². The predicted octanol–water partition coefficient (Wildman–Crippen LogP) is 1.44. The van der Waals surface area contributed by atoms with Crippen molar-refractivity contribution in [3.05, 3.63) is 18.5 Å². The Morgan fingerprint density at radius 1 is 1.42 bits per heavy atom. The van der Waals surface area contributed by atoms with Gasteiger partial charge in [0.15, 0.2) is 0 Å².